The molecular formula is C18H14O3S. The molecule has 3 rings (SSSR count). The van der Waals surface area contributed by atoms with E-state index in [4.69, 9.17) is 5.11 Å². The third kappa shape index (κ3) is 2.65. The molecule has 1 aromatic heterocycles. The molecule has 1 heterocycles. The molecule has 0 aliphatic carbocycles. The number of hydrogen-bond donors (Lipinski definition) is 1. The summed E-state index contributed by atoms with van der Waals surface area (Å²) in [5.74, 6) is -0.782. The van der Waals surface area contributed by atoms with Gasteiger partial charge in [-0.1, -0.05) is 36.4 Å². The van der Waals surface area contributed by atoms with Gasteiger partial charge in [-0.3, -0.25) is 9.59 Å². The van der Waals surface area contributed by atoms with E-state index in [9.17, 15) is 9.59 Å². The number of carbonyl (C=O) groups excluding carboxylic acids is 1. The summed E-state index contributed by atoms with van der Waals surface area (Å²) >= 11 is 1.46. The van der Waals surface area contributed by atoms with Crippen molar-refractivity contribution in [3.8, 4) is 10.4 Å². The molecule has 1 N–H and O–H groups in total. The number of hydrogen-bond acceptors (Lipinski definition) is 3. The van der Waals surface area contributed by atoms with Crippen molar-refractivity contribution in [3.63, 3.8) is 0 Å². The topological polar surface area (TPSA) is 54.4 Å². The Hall–Kier alpha value is -2.46. The van der Waals surface area contributed by atoms with Crippen LogP contribution in [0.1, 0.15) is 22.2 Å². The van der Waals surface area contributed by atoms with Crippen LogP contribution in [0.25, 0.3) is 21.2 Å². The van der Waals surface area contributed by atoms with Crippen LogP contribution in [0.2, 0.25) is 0 Å². The summed E-state index contributed by atoms with van der Waals surface area (Å²) in [5, 5.41) is 11.0. The maximum absolute atomic E-state index is 11.5. The maximum atomic E-state index is 11.5. The SMILES string of the molecule is CC(=O)c1ccc(-c2cccc3c(CC(=O)O)cccc23)s1. The number of rotatable bonds is 4. The first-order valence-corrected chi connectivity index (χ1v) is 7.71. The van der Waals surface area contributed by atoms with E-state index in [1.807, 2.05) is 48.5 Å². The number of carboxylic acids is 1. The Kier molecular flexibility index (Phi) is 3.77. The number of carbonyl (C=O) groups is 2. The van der Waals surface area contributed by atoms with Gasteiger partial charge in [-0.05, 0) is 41.0 Å². The fourth-order valence-electron chi connectivity index (χ4n) is 2.58. The molecular weight excluding hydrogens is 296 g/mol. The van der Waals surface area contributed by atoms with Gasteiger partial charge in [-0.2, -0.15) is 0 Å². The van der Waals surface area contributed by atoms with Crippen molar-refractivity contribution < 1.29 is 14.7 Å². The van der Waals surface area contributed by atoms with E-state index >= 15 is 0 Å². The zero-order valence-corrected chi connectivity index (χ0v) is 12.8. The van der Waals surface area contributed by atoms with Gasteiger partial charge in [-0.15, -0.1) is 11.3 Å². The highest BCUT2D eigenvalue weighted by Gasteiger charge is 2.11. The molecule has 0 saturated heterocycles. The number of Topliss-reactive ketones (excluding diaryl/α,β-unsaturated/α-hetero) is 1. The lowest BCUT2D eigenvalue weighted by molar-refractivity contribution is -0.136. The van der Waals surface area contributed by atoms with Gasteiger partial charge in [0.15, 0.2) is 5.78 Å². The maximum Gasteiger partial charge on any atom is 0.307 e. The van der Waals surface area contributed by atoms with Gasteiger partial charge >= 0.3 is 5.97 Å². The number of thiophene rings is 1. The van der Waals surface area contributed by atoms with Crippen molar-refractivity contribution >= 4 is 33.9 Å². The summed E-state index contributed by atoms with van der Waals surface area (Å²) in [5.41, 5.74) is 1.83. The zero-order chi connectivity index (χ0) is 15.7. The van der Waals surface area contributed by atoms with Crippen molar-refractivity contribution in [3.05, 3.63) is 59.0 Å². The molecule has 0 aliphatic heterocycles. The summed E-state index contributed by atoms with van der Waals surface area (Å²) in [6.45, 7) is 1.56. The summed E-state index contributed by atoms with van der Waals surface area (Å²) in [6, 6.07) is 15.4. The molecule has 4 heteroatoms. The van der Waals surface area contributed by atoms with Crippen LogP contribution < -0.4 is 0 Å². The van der Waals surface area contributed by atoms with E-state index in [1.54, 1.807) is 6.92 Å². The number of ketones is 1. The lowest BCUT2D eigenvalue weighted by atomic mass is 9.98. The van der Waals surface area contributed by atoms with E-state index < -0.39 is 5.97 Å². The van der Waals surface area contributed by atoms with Gasteiger partial charge in [0.05, 0.1) is 11.3 Å². The molecule has 3 nitrogen and oxygen atoms in total. The molecule has 0 radical (unpaired) electrons. The molecule has 2 aromatic carbocycles. The average molecular weight is 310 g/mol. The first-order chi connectivity index (χ1) is 10.6. The fourth-order valence-corrected chi connectivity index (χ4v) is 3.52. The quantitative estimate of drug-likeness (QED) is 0.727. The molecule has 0 saturated carbocycles. The van der Waals surface area contributed by atoms with Crippen molar-refractivity contribution in [2.75, 3.05) is 0 Å². The normalized spacial score (nSPS) is 10.8. The van der Waals surface area contributed by atoms with Crippen molar-refractivity contribution in [1.82, 2.24) is 0 Å². The lowest BCUT2D eigenvalue weighted by Crippen LogP contribution is -2.00. The Morgan fingerprint density at radius 2 is 1.73 bits per heavy atom. The zero-order valence-electron chi connectivity index (χ0n) is 12.0. The fraction of sp³-hybridized carbons (Fsp3) is 0.111. The molecule has 0 amide bonds. The second-order valence-electron chi connectivity index (χ2n) is 5.11. The Labute approximate surface area is 131 Å². The Morgan fingerprint density at radius 3 is 2.41 bits per heavy atom. The molecule has 22 heavy (non-hydrogen) atoms. The number of carboxylic acid groups (broad SMARTS) is 1. The minimum atomic E-state index is -0.840. The molecule has 110 valence electrons. The highest BCUT2D eigenvalue weighted by Crippen LogP contribution is 2.35. The summed E-state index contributed by atoms with van der Waals surface area (Å²) in [4.78, 5) is 24.2. The Bertz CT molecular complexity index is 877. The third-order valence-electron chi connectivity index (χ3n) is 3.57. The molecule has 0 fully saturated rings. The second kappa shape index (κ2) is 5.73. The van der Waals surface area contributed by atoms with E-state index in [1.165, 1.54) is 11.3 Å². The largest absolute Gasteiger partial charge is 0.481 e. The molecule has 0 bridgehead atoms. The van der Waals surface area contributed by atoms with Gasteiger partial charge in [0, 0.05) is 4.88 Å². The molecule has 0 aliphatic rings. The summed E-state index contributed by atoms with van der Waals surface area (Å²) in [6.07, 6.45) is 0.00390. The van der Waals surface area contributed by atoms with E-state index in [0.29, 0.717) is 0 Å². The minimum absolute atomic E-state index is 0.00390. The second-order valence-corrected chi connectivity index (χ2v) is 6.19. The molecule has 0 atom stereocenters. The van der Waals surface area contributed by atoms with Crippen LogP contribution in [0.15, 0.2) is 48.5 Å². The van der Waals surface area contributed by atoms with Crippen LogP contribution >= 0.6 is 11.3 Å². The van der Waals surface area contributed by atoms with Crippen LogP contribution in [0.3, 0.4) is 0 Å². The van der Waals surface area contributed by atoms with E-state index in [0.717, 1.165) is 31.7 Å². The first kappa shape index (κ1) is 14.5. The Morgan fingerprint density at radius 1 is 1.00 bits per heavy atom. The smallest absolute Gasteiger partial charge is 0.307 e. The predicted octanol–water partition coefficient (Wildman–Crippen LogP) is 4.40. The third-order valence-corrected chi connectivity index (χ3v) is 4.79. The lowest BCUT2D eigenvalue weighted by Gasteiger charge is -2.08. The van der Waals surface area contributed by atoms with Crippen molar-refractivity contribution in [2.24, 2.45) is 0 Å². The molecule has 0 unspecified atom stereocenters. The first-order valence-electron chi connectivity index (χ1n) is 6.90. The van der Waals surface area contributed by atoms with Crippen LogP contribution in [0.4, 0.5) is 0 Å². The molecule has 0 spiro atoms. The predicted molar refractivity (Wildman–Crippen MR) is 88.6 cm³/mol. The van der Waals surface area contributed by atoms with Crippen LogP contribution in [0.5, 0.6) is 0 Å². The van der Waals surface area contributed by atoms with Gasteiger partial charge in [0.2, 0.25) is 0 Å². The minimum Gasteiger partial charge on any atom is -0.481 e. The number of benzene rings is 2. The van der Waals surface area contributed by atoms with E-state index in [2.05, 4.69) is 0 Å². The standard InChI is InChI=1S/C18H14O3S/c1-11(19)16-8-9-17(22-16)15-7-3-5-13-12(10-18(20)21)4-2-6-14(13)15/h2-9H,10H2,1H3,(H,20,21). The van der Waals surface area contributed by atoms with Gasteiger partial charge in [-0.25, -0.2) is 0 Å². The van der Waals surface area contributed by atoms with Gasteiger partial charge in [0.1, 0.15) is 0 Å². The highest BCUT2D eigenvalue weighted by atomic mass is 32.1. The van der Waals surface area contributed by atoms with Crippen LogP contribution in [-0.2, 0) is 11.2 Å². The van der Waals surface area contributed by atoms with Gasteiger partial charge < -0.3 is 5.11 Å². The van der Waals surface area contributed by atoms with Crippen molar-refractivity contribution in [1.29, 1.82) is 0 Å². The van der Waals surface area contributed by atoms with E-state index in [-0.39, 0.29) is 12.2 Å². The van der Waals surface area contributed by atoms with Gasteiger partial charge in [0.25, 0.3) is 0 Å². The number of fused-ring (bicyclic) bond motifs is 1. The average Bonchev–Trinajstić information content (AvgIpc) is 2.96. The van der Waals surface area contributed by atoms with Crippen LogP contribution in [0, 0.1) is 0 Å². The Balaban J connectivity index is 2.18. The summed E-state index contributed by atoms with van der Waals surface area (Å²) in [7, 11) is 0. The molecule has 3 aromatic rings. The highest BCUT2D eigenvalue weighted by molar-refractivity contribution is 7.17. The number of aliphatic carboxylic acids is 1. The summed E-state index contributed by atoms with van der Waals surface area (Å²) < 4.78 is 0. The van der Waals surface area contributed by atoms with Crippen molar-refractivity contribution in [2.45, 2.75) is 13.3 Å². The monoisotopic (exact) mass is 310 g/mol. The van der Waals surface area contributed by atoms with Crippen LogP contribution in [-0.4, -0.2) is 16.9 Å².